The van der Waals surface area contributed by atoms with Gasteiger partial charge in [-0.15, -0.1) is 0 Å². The molecule has 1 aliphatic rings. The number of nitrogens with one attached hydrogen (secondary N) is 2. The molecule has 2 atom stereocenters. The zero-order valence-corrected chi connectivity index (χ0v) is 20.1. The first-order valence-corrected chi connectivity index (χ1v) is 11.4. The van der Waals surface area contributed by atoms with Gasteiger partial charge >= 0.3 is 12.0 Å². The summed E-state index contributed by atoms with van der Waals surface area (Å²) in [4.78, 5) is 49.9. The topological polar surface area (TPSA) is 151 Å². The van der Waals surface area contributed by atoms with Gasteiger partial charge in [-0.25, -0.2) is 9.59 Å². The third-order valence-corrected chi connectivity index (χ3v) is 6.09. The van der Waals surface area contributed by atoms with Crippen molar-refractivity contribution in [2.75, 3.05) is 12.8 Å². The van der Waals surface area contributed by atoms with Gasteiger partial charge in [0.2, 0.25) is 5.91 Å². The number of imide groups is 1. The number of nitrogens with zero attached hydrogens (tertiary/aromatic N) is 1. The lowest BCUT2D eigenvalue weighted by molar-refractivity contribution is -0.138. The number of hydrogen-bond acceptors (Lipinski definition) is 6. The maximum atomic E-state index is 13.3. The van der Waals surface area contributed by atoms with Crippen LogP contribution in [0.5, 0.6) is 5.75 Å². The van der Waals surface area contributed by atoms with Crippen LogP contribution in [0.1, 0.15) is 53.7 Å². The summed E-state index contributed by atoms with van der Waals surface area (Å²) in [5.74, 6) is -2.30. The number of hydrogen-bond donors (Lipinski definition) is 4. The van der Waals surface area contributed by atoms with Crippen LogP contribution in [0, 0.1) is 5.92 Å². The summed E-state index contributed by atoms with van der Waals surface area (Å²) in [6, 6.07) is 8.05. The molecule has 1 heterocycles. The van der Waals surface area contributed by atoms with Crippen molar-refractivity contribution < 1.29 is 29.0 Å². The summed E-state index contributed by atoms with van der Waals surface area (Å²) in [7, 11) is 1.51. The molecule has 11 heteroatoms. The van der Waals surface area contributed by atoms with Crippen molar-refractivity contribution in [1.29, 1.82) is 0 Å². The number of ether oxygens (including phenoxy) is 1. The van der Waals surface area contributed by atoms with E-state index in [1.54, 1.807) is 24.3 Å². The molecule has 0 unspecified atom stereocenters. The Kier molecular flexibility index (Phi) is 8.18. The first kappa shape index (κ1) is 25.8. The number of carboxylic acids is 1. The number of anilines is 1. The number of aromatic carboxylic acids is 1. The van der Waals surface area contributed by atoms with Crippen LogP contribution in [-0.2, 0) is 16.0 Å². The number of halogens is 1. The highest BCUT2D eigenvalue weighted by molar-refractivity contribution is 6.30. The Balaban J connectivity index is 1.81. The molecule has 10 nitrogen and oxygen atoms in total. The zero-order chi connectivity index (χ0) is 25.7. The van der Waals surface area contributed by atoms with Crippen LogP contribution in [0.2, 0.25) is 5.02 Å². The van der Waals surface area contributed by atoms with Crippen molar-refractivity contribution in [1.82, 2.24) is 15.8 Å². The molecule has 5 N–H and O–H groups in total. The molecule has 0 saturated carbocycles. The molecule has 0 bridgehead atoms. The van der Waals surface area contributed by atoms with Gasteiger partial charge in [0.15, 0.2) is 0 Å². The van der Waals surface area contributed by atoms with E-state index in [4.69, 9.17) is 22.1 Å². The molecule has 1 aliphatic heterocycles. The monoisotopic (exact) mass is 502 g/mol. The second-order valence-electron chi connectivity index (χ2n) is 8.17. The summed E-state index contributed by atoms with van der Waals surface area (Å²) in [6.45, 7) is 1.81. The minimum absolute atomic E-state index is 0.0517. The van der Waals surface area contributed by atoms with Crippen molar-refractivity contribution in [2.24, 2.45) is 5.92 Å². The van der Waals surface area contributed by atoms with E-state index in [-0.39, 0.29) is 30.5 Å². The fraction of sp³-hybridized carbons (Fsp3) is 0.333. The normalized spacial score (nSPS) is 16.8. The second-order valence-corrected chi connectivity index (χ2v) is 8.60. The molecule has 0 spiro atoms. The van der Waals surface area contributed by atoms with Gasteiger partial charge in [-0.2, -0.15) is 5.01 Å². The lowest BCUT2D eigenvalue weighted by atomic mass is 9.93. The molecule has 1 fully saturated rings. The van der Waals surface area contributed by atoms with Crippen LogP contribution < -0.4 is 21.2 Å². The molecule has 4 amide bonds. The van der Waals surface area contributed by atoms with Crippen molar-refractivity contribution in [3.05, 3.63) is 58.1 Å². The number of methoxy groups -OCH3 is 1. The number of amides is 4. The van der Waals surface area contributed by atoms with Gasteiger partial charge in [-0.3, -0.25) is 15.0 Å². The Morgan fingerprint density at radius 3 is 2.66 bits per heavy atom. The van der Waals surface area contributed by atoms with Gasteiger partial charge in [0, 0.05) is 23.0 Å². The second kappa shape index (κ2) is 11.1. The highest BCUT2D eigenvalue weighted by Gasteiger charge is 2.35. The number of nitrogens with two attached hydrogens (primary N) is 1. The van der Waals surface area contributed by atoms with Gasteiger partial charge in [-0.1, -0.05) is 24.6 Å². The van der Waals surface area contributed by atoms with E-state index in [2.05, 4.69) is 10.7 Å². The van der Waals surface area contributed by atoms with Gasteiger partial charge in [-0.05, 0) is 60.7 Å². The maximum Gasteiger partial charge on any atom is 0.343 e. The number of nitrogen functional groups attached to an aromatic ring is 1. The molecular formula is C24H27ClN4O6. The predicted molar refractivity (Wildman–Crippen MR) is 129 cm³/mol. The Hall–Kier alpha value is -3.79. The van der Waals surface area contributed by atoms with E-state index >= 15 is 0 Å². The summed E-state index contributed by atoms with van der Waals surface area (Å²) in [5, 5.41) is 13.1. The maximum absolute atomic E-state index is 13.3. The fourth-order valence-corrected chi connectivity index (χ4v) is 4.18. The number of rotatable bonds is 7. The molecule has 2 aromatic rings. The van der Waals surface area contributed by atoms with E-state index in [9.17, 15) is 24.3 Å². The highest BCUT2D eigenvalue weighted by atomic mass is 35.5. The molecular weight excluding hydrogens is 476 g/mol. The lowest BCUT2D eigenvalue weighted by Crippen LogP contribution is -2.54. The molecule has 2 aromatic carbocycles. The average Bonchev–Trinajstić information content (AvgIpc) is 2.96. The largest absolute Gasteiger partial charge is 0.496 e. The minimum atomic E-state index is -1.16. The summed E-state index contributed by atoms with van der Waals surface area (Å²) >= 11 is 6.11. The number of carbonyl (C=O) groups is 4. The van der Waals surface area contributed by atoms with Gasteiger partial charge in [0.25, 0.3) is 5.91 Å². The molecule has 186 valence electrons. The van der Waals surface area contributed by atoms with E-state index in [0.29, 0.717) is 33.3 Å². The number of hydrazine groups is 1. The van der Waals surface area contributed by atoms with Crippen LogP contribution >= 0.6 is 11.6 Å². The van der Waals surface area contributed by atoms with Crippen molar-refractivity contribution in [3.63, 3.8) is 0 Å². The minimum Gasteiger partial charge on any atom is -0.496 e. The van der Waals surface area contributed by atoms with Crippen LogP contribution in [0.15, 0.2) is 36.4 Å². The Morgan fingerprint density at radius 2 is 2.03 bits per heavy atom. The third-order valence-electron chi connectivity index (χ3n) is 5.85. The van der Waals surface area contributed by atoms with Crippen LogP contribution in [0.4, 0.5) is 10.5 Å². The van der Waals surface area contributed by atoms with Crippen LogP contribution in [0.25, 0.3) is 0 Å². The quantitative estimate of drug-likeness (QED) is 0.424. The van der Waals surface area contributed by atoms with Crippen LogP contribution in [-0.4, -0.2) is 41.0 Å². The van der Waals surface area contributed by atoms with E-state index < -0.39 is 35.8 Å². The Bertz CT molecular complexity index is 1150. The first-order valence-electron chi connectivity index (χ1n) is 11.0. The molecule has 35 heavy (non-hydrogen) atoms. The molecule has 0 aromatic heterocycles. The molecule has 3 rings (SSSR count). The molecule has 0 aliphatic carbocycles. The molecule has 1 saturated heterocycles. The Morgan fingerprint density at radius 1 is 1.29 bits per heavy atom. The van der Waals surface area contributed by atoms with Crippen molar-refractivity contribution >= 4 is 41.1 Å². The molecule has 0 radical (unpaired) electrons. The van der Waals surface area contributed by atoms with E-state index in [1.807, 2.05) is 6.92 Å². The first-order chi connectivity index (χ1) is 16.6. The van der Waals surface area contributed by atoms with Crippen LogP contribution in [0.3, 0.4) is 0 Å². The number of benzene rings is 2. The SMILES string of the molecule is CC[C@@H](NC(=O)N1NC(=O)CC[C@H](Cc2cc(Cl)ccc2OC)C1=O)c1ccc(C(=O)O)c(N)c1. The highest BCUT2D eigenvalue weighted by Crippen LogP contribution is 2.28. The summed E-state index contributed by atoms with van der Waals surface area (Å²) in [6.07, 6.45) is 0.963. The lowest BCUT2D eigenvalue weighted by Gasteiger charge is -2.26. The van der Waals surface area contributed by atoms with Gasteiger partial charge < -0.3 is 20.9 Å². The third kappa shape index (κ3) is 6.02. The number of carboxylic acid groups (broad SMARTS) is 1. The smallest absolute Gasteiger partial charge is 0.343 e. The van der Waals surface area contributed by atoms with Gasteiger partial charge in [0.05, 0.1) is 18.7 Å². The number of carbonyl (C=O) groups excluding carboxylic acids is 3. The Labute approximate surface area is 207 Å². The number of urea groups is 1. The van der Waals surface area contributed by atoms with E-state index in [1.165, 1.54) is 19.2 Å². The van der Waals surface area contributed by atoms with Crippen molar-refractivity contribution in [2.45, 2.75) is 38.6 Å². The average molecular weight is 503 g/mol. The van der Waals surface area contributed by atoms with Crippen molar-refractivity contribution in [3.8, 4) is 5.75 Å². The van der Waals surface area contributed by atoms with E-state index in [0.717, 1.165) is 0 Å². The standard InChI is InChI=1S/C24H27ClN4O6/c1-3-19(13-4-7-17(23(32)33)18(26)12-13)27-24(34)29-22(31)14(5-9-21(30)28-29)10-15-11-16(25)6-8-20(15)35-2/h4,6-8,11-12,14,19H,3,5,9-10,26H2,1-2H3,(H,27,34)(H,28,30)(H,32,33)/t14-,19-/m1/s1. The summed E-state index contributed by atoms with van der Waals surface area (Å²) < 4.78 is 5.36. The van der Waals surface area contributed by atoms with Gasteiger partial charge in [0.1, 0.15) is 5.75 Å². The zero-order valence-electron chi connectivity index (χ0n) is 19.3. The fourth-order valence-electron chi connectivity index (χ4n) is 3.99. The predicted octanol–water partition coefficient (Wildman–Crippen LogP) is 3.30. The summed E-state index contributed by atoms with van der Waals surface area (Å²) in [5.41, 5.74) is 9.47.